The number of pyridine rings is 1. The lowest BCUT2D eigenvalue weighted by molar-refractivity contribution is 0.0845. The van der Waals surface area contributed by atoms with E-state index in [4.69, 9.17) is 4.52 Å². The van der Waals surface area contributed by atoms with Crippen LogP contribution in [0.3, 0.4) is 0 Å². The number of piperidine rings is 1. The summed E-state index contributed by atoms with van der Waals surface area (Å²) in [5.74, 6) is 5.33. The normalized spacial score (nSPS) is 33.6. The molecular weight excluding hydrogens is 410 g/mol. The molecule has 31 heavy (non-hydrogen) atoms. The predicted octanol–water partition coefficient (Wildman–Crippen LogP) is 3.75. The fourth-order valence-electron chi connectivity index (χ4n) is 5.49. The van der Waals surface area contributed by atoms with Gasteiger partial charge in [-0.2, -0.15) is 10.2 Å². The highest BCUT2D eigenvalue weighted by molar-refractivity contribution is 8.34. The highest BCUT2D eigenvalue weighted by atomic mass is 32.3. The Bertz CT molecular complexity index is 970. The predicted molar refractivity (Wildman–Crippen MR) is 122 cm³/mol. The Kier molecular flexibility index (Phi) is 4.58. The van der Waals surface area contributed by atoms with Gasteiger partial charge >= 0.3 is 0 Å². The molecule has 8 heteroatoms. The van der Waals surface area contributed by atoms with Crippen LogP contribution in [0.25, 0.3) is 0 Å². The van der Waals surface area contributed by atoms with Gasteiger partial charge in [-0.25, -0.2) is 4.98 Å². The van der Waals surface area contributed by atoms with Crippen molar-refractivity contribution in [2.45, 2.75) is 68.5 Å². The molecule has 166 valence electrons. The van der Waals surface area contributed by atoms with Gasteiger partial charge in [0.1, 0.15) is 11.6 Å². The van der Waals surface area contributed by atoms with Crippen molar-refractivity contribution in [3.8, 4) is 0 Å². The molecule has 5 heterocycles. The minimum Gasteiger partial charge on any atom is -0.370 e. The molecule has 0 bridgehead atoms. The van der Waals surface area contributed by atoms with Crippen LogP contribution in [0.5, 0.6) is 0 Å². The molecule has 2 atom stereocenters. The van der Waals surface area contributed by atoms with E-state index in [9.17, 15) is 4.79 Å². The fourth-order valence-corrected chi connectivity index (χ4v) is 9.98. The van der Waals surface area contributed by atoms with Crippen molar-refractivity contribution in [3.05, 3.63) is 35.9 Å². The third-order valence-corrected chi connectivity index (χ3v) is 11.5. The van der Waals surface area contributed by atoms with Gasteiger partial charge in [0.05, 0.1) is 0 Å². The largest absolute Gasteiger partial charge is 0.370 e. The molecule has 4 aliphatic rings. The first kappa shape index (κ1) is 19.6. The van der Waals surface area contributed by atoms with Gasteiger partial charge in [0, 0.05) is 59.3 Å². The quantitative estimate of drug-likeness (QED) is 0.681. The average Bonchev–Trinajstić information content (AvgIpc) is 3.45. The Balaban J connectivity index is 1.06. The van der Waals surface area contributed by atoms with Crippen molar-refractivity contribution in [1.29, 1.82) is 0 Å². The molecule has 3 saturated heterocycles. The maximum Gasteiger partial charge on any atom is 0.273 e. The summed E-state index contributed by atoms with van der Waals surface area (Å²) in [4.78, 5) is 18.8. The number of hydrogen-bond acceptors (Lipinski definition) is 6. The molecule has 6 rings (SSSR count). The van der Waals surface area contributed by atoms with Gasteiger partial charge in [0.25, 0.3) is 5.91 Å². The lowest BCUT2D eigenvalue weighted by Gasteiger charge is -2.76. The van der Waals surface area contributed by atoms with Crippen LogP contribution >= 0.6 is 10.2 Å². The van der Waals surface area contributed by atoms with Crippen LogP contribution in [-0.4, -0.2) is 56.5 Å². The van der Waals surface area contributed by atoms with E-state index < -0.39 is 10.2 Å². The highest BCUT2D eigenvalue weighted by Crippen LogP contribution is 2.77. The molecule has 0 radical (unpaired) electrons. The van der Waals surface area contributed by atoms with Crippen molar-refractivity contribution >= 4 is 21.9 Å². The van der Waals surface area contributed by atoms with Gasteiger partial charge in [-0.1, -0.05) is 19.0 Å². The fraction of sp³-hybridized carbons (Fsp3) is 0.609. The molecule has 2 unspecified atom stereocenters. The summed E-state index contributed by atoms with van der Waals surface area (Å²) in [6.07, 6.45) is 6.46. The third-order valence-electron chi connectivity index (χ3n) is 7.12. The maximum absolute atomic E-state index is 12.7. The van der Waals surface area contributed by atoms with Crippen molar-refractivity contribution < 1.29 is 9.32 Å². The van der Waals surface area contributed by atoms with Crippen LogP contribution in [0, 0.1) is 5.92 Å². The highest BCUT2D eigenvalue weighted by Gasteiger charge is 2.63. The van der Waals surface area contributed by atoms with E-state index in [1.54, 1.807) is 0 Å². The zero-order valence-electron chi connectivity index (χ0n) is 18.2. The van der Waals surface area contributed by atoms with Gasteiger partial charge in [-0.3, -0.25) is 9.10 Å². The van der Waals surface area contributed by atoms with Crippen LogP contribution in [0.1, 0.15) is 61.7 Å². The Morgan fingerprint density at radius 3 is 2.68 bits per heavy atom. The average molecular weight is 442 g/mol. The summed E-state index contributed by atoms with van der Waals surface area (Å²) >= 11 is 0. The second-order valence-corrected chi connectivity index (χ2v) is 13.3. The Morgan fingerprint density at radius 1 is 1.26 bits per heavy atom. The zero-order valence-corrected chi connectivity index (χ0v) is 19.0. The minimum absolute atomic E-state index is 0.0833. The van der Waals surface area contributed by atoms with Gasteiger partial charge < -0.3 is 15.2 Å². The van der Waals surface area contributed by atoms with Crippen LogP contribution in [0.2, 0.25) is 0 Å². The molecule has 1 saturated carbocycles. The number of carbonyl (C=O) groups is 1. The molecule has 2 aromatic heterocycles. The first-order valence-corrected chi connectivity index (χ1v) is 13.5. The van der Waals surface area contributed by atoms with E-state index in [1.807, 2.05) is 6.07 Å². The van der Waals surface area contributed by atoms with Crippen LogP contribution in [0.15, 0.2) is 33.8 Å². The van der Waals surface area contributed by atoms with Gasteiger partial charge in [0.15, 0.2) is 5.69 Å². The third kappa shape index (κ3) is 3.35. The molecule has 0 aromatic carbocycles. The molecule has 2 N–H and O–H groups in total. The summed E-state index contributed by atoms with van der Waals surface area (Å²) in [5, 5.41) is 10.6. The lowest BCUT2D eigenvalue weighted by Crippen LogP contribution is -2.73. The van der Waals surface area contributed by atoms with E-state index in [-0.39, 0.29) is 11.9 Å². The van der Waals surface area contributed by atoms with Gasteiger partial charge in [0.2, 0.25) is 0 Å². The van der Waals surface area contributed by atoms with Crippen molar-refractivity contribution in [2.24, 2.45) is 5.92 Å². The molecule has 0 spiro atoms. The molecular formula is C23H31N5O2S. The number of anilines is 1. The summed E-state index contributed by atoms with van der Waals surface area (Å²) in [6.45, 7) is 5.36. The summed E-state index contributed by atoms with van der Waals surface area (Å²) in [7, 11) is -0.823. The first-order chi connectivity index (χ1) is 15.0. The molecule has 3 aliphatic heterocycles. The molecule has 7 nitrogen and oxygen atoms in total. The van der Waals surface area contributed by atoms with Crippen LogP contribution in [0.4, 0.5) is 5.82 Å². The van der Waals surface area contributed by atoms with Crippen molar-refractivity contribution in [1.82, 2.24) is 19.8 Å². The molecule has 2 aromatic rings. The van der Waals surface area contributed by atoms with E-state index >= 15 is 0 Å². The summed E-state index contributed by atoms with van der Waals surface area (Å²) in [5.41, 5.74) is 0.434. The van der Waals surface area contributed by atoms with E-state index in [2.05, 4.69) is 57.3 Å². The minimum atomic E-state index is -0.823. The van der Waals surface area contributed by atoms with E-state index in [0.717, 1.165) is 43.8 Å². The number of aromatic nitrogens is 2. The van der Waals surface area contributed by atoms with Crippen LogP contribution < -0.4 is 10.6 Å². The van der Waals surface area contributed by atoms with Crippen LogP contribution in [-0.2, 0) is 0 Å². The Morgan fingerprint density at radius 2 is 2.03 bits per heavy atom. The summed E-state index contributed by atoms with van der Waals surface area (Å²) in [6, 6.07) is 7.67. The molecule has 1 aliphatic carbocycles. The van der Waals surface area contributed by atoms with Gasteiger partial charge in [-0.15, -0.1) is 0 Å². The second kappa shape index (κ2) is 7.24. The van der Waals surface area contributed by atoms with Crippen molar-refractivity contribution in [2.75, 3.05) is 23.4 Å². The topological polar surface area (TPSA) is 83.3 Å². The van der Waals surface area contributed by atoms with E-state index in [1.165, 1.54) is 16.4 Å². The smallest absolute Gasteiger partial charge is 0.273 e. The Labute approximate surface area is 184 Å². The number of nitrogens with zero attached hydrogens (tertiary/aromatic N) is 3. The Hall–Kier alpha value is -2.06. The monoisotopic (exact) mass is 441 g/mol. The number of hydrogen-bond donors (Lipinski definition) is 2. The lowest BCUT2D eigenvalue weighted by atomic mass is 9.94. The molecule has 1 amide bonds. The standard InChI is InChI=1S/C23H31N5O2S/c1-14(2)10-24-22-6-5-19(11-25-22)31-12-17-7-16(8-18(13-31)28(17)31)26-23(29)20-9-21(30-27-20)15-3-4-15/h5-6,9,11,14-18H,3-4,7-8,10,12-13H2,1-2H3,(H,24,25)(H,26,29). The zero-order chi connectivity index (χ0) is 21.2. The second-order valence-electron chi connectivity index (χ2n) is 10.0. The number of rotatable bonds is 7. The first-order valence-electron chi connectivity index (χ1n) is 11.6. The van der Waals surface area contributed by atoms with Crippen molar-refractivity contribution in [3.63, 3.8) is 0 Å². The number of amides is 1. The SMILES string of the molecule is CC(C)CNc1ccc(S23CC4CC(NC(=O)c5cc(C6CC6)on5)CC(C2)N43)cn1. The van der Waals surface area contributed by atoms with E-state index in [0.29, 0.717) is 29.6 Å². The number of carbonyl (C=O) groups excluding carboxylic acids is 1. The summed E-state index contributed by atoms with van der Waals surface area (Å²) < 4.78 is 8.11. The molecule has 4 fully saturated rings. The maximum atomic E-state index is 12.7. The van der Waals surface area contributed by atoms with Gasteiger partial charge in [-0.05, 0) is 43.7 Å². The number of nitrogens with one attached hydrogen (secondary N) is 2.